The van der Waals surface area contributed by atoms with E-state index in [1.807, 2.05) is 24.3 Å². The SMILES string of the molecule is CC(C(=O)O)c1ccc(CNCCC2CCCCO2)cc1. The average molecular weight is 291 g/mol. The van der Waals surface area contributed by atoms with Crippen LogP contribution in [0.15, 0.2) is 24.3 Å². The Balaban J connectivity index is 1.69. The number of rotatable bonds is 7. The second-order valence-corrected chi connectivity index (χ2v) is 5.76. The van der Waals surface area contributed by atoms with Crippen molar-refractivity contribution < 1.29 is 14.6 Å². The standard InChI is InChI=1S/C17H25NO3/c1-13(17(19)20)15-7-5-14(6-8-15)12-18-10-9-16-4-2-3-11-21-16/h5-8,13,16,18H,2-4,9-12H2,1H3,(H,19,20). The quantitative estimate of drug-likeness (QED) is 0.758. The Labute approximate surface area is 126 Å². The third-order valence-electron chi connectivity index (χ3n) is 4.10. The molecule has 2 rings (SSSR count). The van der Waals surface area contributed by atoms with Crippen LogP contribution in [0.3, 0.4) is 0 Å². The molecule has 0 amide bonds. The van der Waals surface area contributed by atoms with Gasteiger partial charge in [0.15, 0.2) is 0 Å². The number of hydrogen-bond acceptors (Lipinski definition) is 3. The summed E-state index contributed by atoms with van der Waals surface area (Å²) < 4.78 is 5.70. The maximum Gasteiger partial charge on any atom is 0.310 e. The van der Waals surface area contributed by atoms with Gasteiger partial charge in [-0.25, -0.2) is 0 Å². The molecule has 0 saturated carbocycles. The smallest absolute Gasteiger partial charge is 0.310 e. The summed E-state index contributed by atoms with van der Waals surface area (Å²) in [7, 11) is 0. The maximum absolute atomic E-state index is 10.9. The number of carboxylic acid groups (broad SMARTS) is 1. The number of carbonyl (C=O) groups is 1. The molecule has 2 N–H and O–H groups in total. The van der Waals surface area contributed by atoms with Crippen molar-refractivity contribution in [2.24, 2.45) is 0 Å². The molecule has 0 bridgehead atoms. The van der Waals surface area contributed by atoms with Crippen molar-refractivity contribution >= 4 is 5.97 Å². The van der Waals surface area contributed by atoms with Crippen molar-refractivity contribution in [3.05, 3.63) is 35.4 Å². The summed E-state index contributed by atoms with van der Waals surface area (Å²) in [6, 6.07) is 7.80. The molecule has 1 aromatic rings. The maximum atomic E-state index is 10.9. The normalized spacial score (nSPS) is 20.1. The van der Waals surface area contributed by atoms with Crippen molar-refractivity contribution in [3.63, 3.8) is 0 Å². The van der Waals surface area contributed by atoms with Crippen LogP contribution < -0.4 is 5.32 Å². The minimum absolute atomic E-state index is 0.421. The van der Waals surface area contributed by atoms with Gasteiger partial charge in [0.1, 0.15) is 0 Å². The van der Waals surface area contributed by atoms with E-state index < -0.39 is 11.9 Å². The third kappa shape index (κ3) is 5.14. The summed E-state index contributed by atoms with van der Waals surface area (Å²) in [5.74, 6) is -1.23. The van der Waals surface area contributed by atoms with E-state index in [1.54, 1.807) is 6.92 Å². The molecule has 1 aliphatic heterocycles. The van der Waals surface area contributed by atoms with Crippen LogP contribution in [0, 0.1) is 0 Å². The summed E-state index contributed by atoms with van der Waals surface area (Å²) >= 11 is 0. The Morgan fingerprint density at radius 1 is 1.38 bits per heavy atom. The van der Waals surface area contributed by atoms with Crippen LogP contribution in [0.4, 0.5) is 0 Å². The van der Waals surface area contributed by atoms with E-state index in [4.69, 9.17) is 9.84 Å². The lowest BCUT2D eigenvalue weighted by Gasteiger charge is -2.22. The predicted molar refractivity (Wildman–Crippen MR) is 82.4 cm³/mol. The van der Waals surface area contributed by atoms with Crippen molar-refractivity contribution in [1.82, 2.24) is 5.32 Å². The summed E-state index contributed by atoms with van der Waals surface area (Å²) in [6.45, 7) is 4.39. The van der Waals surface area contributed by atoms with Crippen molar-refractivity contribution in [3.8, 4) is 0 Å². The van der Waals surface area contributed by atoms with E-state index >= 15 is 0 Å². The first kappa shape index (κ1) is 16.0. The third-order valence-corrected chi connectivity index (χ3v) is 4.10. The largest absolute Gasteiger partial charge is 0.481 e. The molecule has 1 aliphatic rings. The van der Waals surface area contributed by atoms with Crippen molar-refractivity contribution in [1.29, 1.82) is 0 Å². The Morgan fingerprint density at radius 3 is 2.76 bits per heavy atom. The second-order valence-electron chi connectivity index (χ2n) is 5.76. The summed E-state index contributed by atoms with van der Waals surface area (Å²) in [4.78, 5) is 10.9. The molecule has 2 atom stereocenters. The van der Waals surface area contributed by atoms with Gasteiger partial charge in [-0.15, -0.1) is 0 Å². The second kappa shape index (κ2) is 8.15. The zero-order valence-electron chi connectivity index (χ0n) is 12.7. The molecule has 4 heteroatoms. The highest BCUT2D eigenvalue weighted by atomic mass is 16.5. The summed E-state index contributed by atoms with van der Waals surface area (Å²) in [6.07, 6.45) is 5.15. The molecule has 1 fully saturated rings. The van der Waals surface area contributed by atoms with Gasteiger partial charge < -0.3 is 15.2 Å². The van der Waals surface area contributed by atoms with E-state index in [1.165, 1.54) is 24.8 Å². The van der Waals surface area contributed by atoms with Crippen LogP contribution in [0.5, 0.6) is 0 Å². The molecule has 0 aliphatic carbocycles. The number of hydrogen-bond donors (Lipinski definition) is 2. The Morgan fingerprint density at radius 2 is 2.14 bits per heavy atom. The fourth-order valence-corrected chi connectivity index (χ4v) is 2.60. The number of aliphatic carboxylic acids is 1. The van der Waals surface area contributed by atoms with Crippen LogP contribution in [0.25, 0.3) is 0 Å². The molecule has 0 radical (unpaired) electrons. The lowest BCUT2D eigenvalue weighted by atomic mass is 10.00. The summed E-state index contributed by atoms with van der Waals surface area (Å²) in [5, 5.41) is 12.4. The van der Waals surface area contributed by atoms with Gasteiger partial charge in [0.05, 0.1) is 12.0 Å². The first-order chi connectivity index (χ1) is 10.2. The topological polar surface area (TPSA) is 58.6 Å². The molecule has 1 heterocycles. The van der Waals surface area contributed by atoms with Crippen LogP contribution >= 0.6 is 0 Å². The molecule has 1 saturated heterocycles. The Bertz CT molecular complexity index is 438. The minimum atomic E-state index is -0.784. The highest BCUT2D eigenvalue weighted by Gasteiger charge is 2.14. The highest BCUT2D eigenvalue weighted by molar-refractivity contribution is 5.75. The molecule has 2 unspecified atom stereocenters. The molecule has 21 heavy (non-hydrogen) atoms. The lowest BCUT2D eigenvalue weighted by Crippen LogP contribution is -2.25. The number of benzene rings is 1. The average Bonchev–Trinajstić information content (AvgIpc) is 2.52. The van der Waals surface area contributed by atoms with Crippen LogP contribution in [-0.4, -0.2) is 30.3 Å². The molecule has 0 spiro atoms. The van der Waals surface area contributed by atoms with E-state index in [9.17, 15) is 4.79 Å². The van der Waals surface area contributed by atoms with Gasteiger partial charge in [-0.3, -0.25) is 4.79 Å². The van der Waals surface area contributed by atoms with Crippen LogP contribution in [0.1, 0.15) is 49.7 Å². The van der Waals surface area contributed by atoms with Gasteiger partial charge in [0.2, 0.25) is 0 Å². The van der Waals surface area contributed by atoms with Gasteiger partial charge in [-0.2, -0.15) is 0 Å². The fourth-order valence-electron chi connectivity index (χ4n) is 2.60. The number of ether oxygens (including phenoxy) is 1. The van der Waals surface area contributed by atoms with E-state index in [0.29, 0.717) is 6.10 Å². The van der Waals surface area contributed by atoms with E-state index in [0.717, 1.165) is 31.7 Å². The van der Waals surface area contributed by atoms with E-state index in [2.05, 4.69) is 5.32 Å². The number of carboxylic acids is 1. The van der Waals surface area contributed by atoms with Gasteiger partial charge in [-0.1, -0.05) is 24.3 Å². The van der Waals surface area contributed by atoms with Crippen LogP contribution in [-0.2, 0) is 16.1 Å². The molecule has 0 aromatic heterocycles. The van der Waals surface area contributed by atoms with Crippen LogP contribution in [0.2, 0.25) is 0 Å². The Hall–Kier alpha value is -1.39. The van der Waals surface area contributed by atoms with E-state index in [-0.39, 0.29) is 0 Å². The first-order valence-electron chi connectivity index (χ1n) is 7.81. The van der Waals surface area contributed by atoms with Crippen molar-refractivity contribution in [2.75, 3.05) is 13.2 Å². The zero-order valence-corrected chi connectivity index (χ0v) is 12.7. The van der Waals surface area contributed by atoms with Gasteiger partial charge in [0.25, 0.3) is 0 Å². The van der Waals surface area contributed by atoms with Gasteiger partial charge in [-0.05, 0) is 50.3 Å². The molecule has 1 aromatic carbocycles. The highest BCUT2D eigenvalue weighted by Crippen LogP contribution is 2.16. The van der Waals surface area contributed by atoms with Gasteiger partial charge in [0, 0.05) is 13.2 Å². The monoisotopic (exact) mass is 291 g/mol. The molecule has 116 valence electrons. The summed E-state index contributed by atoms with van der Waals surface area (Å²) in [5.41, 5.74) is 2.03. The zero-order chi connectivity index (χ0) is 15.1. The molecule has 4 nitrogen and oxygen atoms in total. The Kier molecular flexibility index (Phi) is 6.21. The number of nitrogens with one attached hydrogen (secondary N) is 1. The predicted octanol–water partition coefficient (Wildman–Crippen LogP) is 2.92. The fraction of sp³-hybridized carbons (Fsp3) is 0.588. The first-order valence-corrected chi connectivity index (χ1v) is 7.81. The molecular weight excluding hydrogens is 266 g/mol. The lowest BCUT2D eigenvalue weighted by molar-refractivity contribution is -0.138. The van der Waals surface area contributed by atoms with Crippen molar-refractivity contribution in [2.45, 2.75) is 51.2 Å². The minimum Gasteiger partial charge on any atom is -0.481 e. The molecular formula is C17H25NO3. The van der Waals surface area contributed by atoms with Gasteiger partial charge >= 0.3 is 5.97 Å².